The summed E-state index contributed by atoms with van der Waals surface area (Å²) >= 11 is 0. The molecule has 1 heterocycles. The molecule has 1 aromatic rings. The van der Waals surface area contributed by atoms with Gasteiger partial charge in [-0.25, -0.2) is 0 Å². The van der Waals surface area contributed by atoms with Crippen LogP contribution in [0.4, 0.5) is 0 Å². The Morgan fingerprint density at radius 3 is 2.56 bits per heavy atom. The molecule has 0 aromatic heterocycles. The van der Waals surface area contributed by atoms with Crippen LogP contribution in [0.3, 0.4) is 0 Å². The second kappa shape index (κ2) is 6.57. The molecule has 1 atom stereocenters. The molecule has 18 heavy (non-hydrogen) atoms. The SMILES string of the molecule is COc1ccc(/C=C/C(O)CN2CCCC2)cc1. The van der Waals surface area contributed by atoms with E-state index < -0.39 is 0 Å². The highest BCUT2D eigenvalue weighted by Gasteiger charge is 2.13. The van der Waals surface area contributed by atoms with Gasteiger partial charge >= 0.3 is 0 Å². The van der Waals surface area contributed by atoms with Gasteiger partial charge in [-0.1, -0.05) is 24.3 Å². The monoisotopic (exact) mass is 247 g/mol. The molecular formula is C15H21NO2. The molecule has 0 aliphatic carbocycles. The smallest absolute Gasteiger partial charge is 0.118 e. The maximum atomic E-state index is 9.92. The van der Waals surface area contributed by atoms with Crippen molar-refractivity contribution in [2.24, 2.45) is 0 Å². The number of methoxy groups -OCH3 is 1. The van der Waals surface area contributed by atoms with Gasteiger partial charge in [0.05, 0.1) is 13.2 Å². The third-order valence-electron chi connectivity index (χ3n) is 3.27. The maximum absolute atomic E-state index is 9.92. The van der Waals surface area contributed by atoms with Gasteiger partial charge in [0.15, 0.2) is 0 Å². The van der Waals surface area contributed by atoms with Crippen molar-refractivity contribution in [3.8, 4) is 5.75 Å². The molecular weight excluding hydrogens is 226 g/mol. The van der Waals surface area contributed by atoms with Crippen molar-refractivity contribution in [1.82, 2.24) is 4.90 Å². The van der Waals surface area contributed by atoms with E-state index in [1.807, 2.05) is 36.4 Å². The first-order valence-corrected chi connectivity index (χ1v) is 6.50. The van der Waals surface area contributed by atoms with Crippen molar-refractivity contribution < 1.29 is 9.84 Å². The molecule has 2 rings (SSSR count). The molecule has 1 aliphatic rings. The van der Waals surface area contributed by atoms with Crippen LogP contribution >= 0.6 is 0 Å². The highest BCUT2D eigenvalue weighted by atomic mass is 16.5. The quantitative estimate of drug-likeness (QED) is 0.865. The highest BCUT2D eigenvalue weighted by Crippen LogP contribution is 2.13. The number of benzene rings is 1. The fourth-order valence-corrected chi connectivity index (χ4v) is 2.23. The maximum Gasteiger partial charge on any atom is 0.118 e. The van der Waals surface area contributed by atoms with Gasteiger partial charge in [0.25, 0.3) is 0 Å². The minimum atomic E-state index is -0.384. The Bertz CT molecular complexity index is 380. The summed E-state index contributed by atoms with van der Waals surface area (Å²) in [5.74, 6) is 0.852. The van der Waals surface area contributed by atoms with E-state index in [0.29, 0.717) is 0 Å². The van der Waals surface area contributed by atoms with Gasteiger partial charge in [-0.05, 0) is 43.6 Å². The highest BCUT2D eigenvalue weighted by molar-refractivity contribution is 5.51. The Balaban J connectivity index is 1.84. The lowest BCUT2D eigenvalue weighted by Crippen LogP contribution is -2.28. The van der Waals surface area contributed by atoms with Crippen LogP contribution < -0.4 is 4.74 Å². The molecule has 0 saturated carbocycles. The molecule has 0 radical (unpaired) electrons. The van der Waals surface area contributed by atoms with Crippen LogP contribution in [-0.4, -0.2) is 42.9 Å². The van der Waals surface area contributed by atoms with Crippen LogP contribution in [0.5, 0.6) is 5.75 Å². The molecule has 1 N–H and O–H groups in total. The van der Waals surface area contributed by atoms with Gasteiger partial charge in [0, 0.05) is 6.54 Å². The second-order valence-corrected chi connectivity index (χ2v) is 4.71. The first-order chi connectivity index (χ1) is 8.78. The fraction of sp³-hybridized carbons (Fsp3) is 0.467. The van der Waals surface area contributed by atoms with Crippen LogP contribution in [0, 0.1) is 0 Å². The predicted molar refractivity (Wildman–Crippen MR) is 73.7 cm³/mol. The summed E-state index contributed by atoms with van der Waals surface area (Å²) in [5.41, 5.74) is 1.08. The number of β-amino-alcohol motifs (C(OH)–C–C–N with tert-alkyl or cyclic N) is 1. The lowest BCUT2D eigenvalue weighted by Gasteiger charge is -2.16. The number of rotatable bonds is 5. The molecule has 0 spiro atoms. The summed E-state index contributed by atoms with van der Waals surface area (Å²) in [6, 6.07) is 7.81. The van der Waals surface area contributed by atoms with E-state index in [0.717, 1.165) is 30.9 Å². The topological polar surface area (TPSA) is 32.7 Å². The standard InChI is InChI=1S/C15H21NO2/c1-18-15-8-5-13(6-9-15)4-7-14(17)12-16-10-2-3-11-16/h4-9,14,17H,2-3,10-12H2,1H3/b7-4+. The van der Waals surface area contributed by atoms with E-state index in [9.17, 15) is 5.11 Å². The predicted octanol–water partition coefficient (Wildman–Crippen LogP) is 2.17. The Morgan fingerprint density at radius 1 is 1.28 bits per heavy atom. The van der Waals surface area contributed by atoms with E-state index in [4.69, 9.17) is 4.74 Å². The third kappa shape index (κ3) is 3.86. The summed E-state index contributed by atoms with van der Waals surface area (Å²) < 4.78 is 5.10. The van der Waals surface area contributed by atoms with Crippen LogP contribution in [0.2, 0.25) is 0 Å². The van der Waals surface area contributed by atoms with Gasteiger partial charge in [0.2, 0.25) is 0 Å². The molecule has 1 aromatic carbocycles. The van der Waals surface area contributed by atoms with Gasteiger partial charge in [-0.3, -0.25) is 0 Å². The average molecular weight is 247 g/mol. The summed E-state index contributed by atoms with van der Waals surface area (Å²) in [4.78, 5) is 2.31. The number of hydrogen-bond acceptors (Lipinski definition) is 3. The normalized spacial score (nSPS) is 18.3. The fourth-order valence-electron chi connectivity index (χ4n) is 2.23. The van der Waals surface area contributed by atoms with E-state index in [-0.39, 0.29) is 6.10 Å². The summed E-state index contributed by atoms with van der Waals surface area (Å²) in [6.07, 6.45) is 5.95. The third-order valence-corrected chi connectivity index (χ3v) is 3.27. The zero-order valence-electron chi connectivity index (χ0n) is 10.9. The molecule has 1 unspecified atom stereocenters. The van der Waals surface area contributed by atoms with Crippen molar-refractivity contribution in [2.45, 2.75) is 18.9 Å². The van der Waals surface area contributed by atoms with Crippen molar-refractivity contribution in [1.29, 1.82) is 0 Å². The lowest BCUT2D eigenvalue weighted by molar-refractivity contribution is 0.164. The van der Waals surface area contributed by atoms with Gasteiger partial charge < -0.3 is 14.7 Å². The molecule has 0 bridgehead atoms. The number of hydrogen-bond donors (Lipinski definition) is 1. The van der Waals surface area contributed by atoms with E-state index >= 15 is 0 Å². The van der Waals surface area contributed by atoms with E-state index in [1.165, 1.54) is 12.8 Å². The Labute approximate surface area is 109 Å². The van der Waals surface area contributed by atoms with Gasteiger partial charge in [-0.15, -0.1) is 0 Å². The first kappa shape index (κ1) is 13.1. The van der Waals surface area contributed by atoms with Crippen LogP contribution in [0.15, 0.2) is 30.3 Å². The second-order valence-electron chi connectivity index (χ2n) is 4.71. The van der Waals surface area contributed by atoms with Crippen molar-refractivity contribution in [3.05, 3.63) is 35.9 Å². The number of nitrogens with zero attached hydrogens (tertiary/aromatic N) is 1. The van der Waals surface area contributed by atoms with Gasteiger partial charge in [-0.2, -0.15) is 0 Å². The van der Waals surface area contributed by atoms with Crippen molar-refractivity contribution in [2.75, 3.05) is 26.7 Å². The molecule has 1 saturated heterocycles. The minimum Gasteiger partial charge on any atom is -0.497 e. The molecule has 1 aliphatic heterocycles. The Kier molecular flexibility index (Phi) is 4.79. The van der Waals surface area contributed by atoms with Crippen molar-refractivity contribution in [3.63, 3.8) is 0 Å². The summed E-state index contributed by atoms with van der Waals surface area (Å²) in [6.45, 7) is 2.98. The molecule has 3 heteroatoms. The summed E-state index contributed by atoms with van der Waals surface area (Å²) in [5, 5.41) is 9.92. The Hall–Kier alpha value is -1.32. The number of aliphatic hydroxyl groups excluding tert-OH is 1. The minimum absolute atomic E-state index is 0.384. The lowest BCUT2D eigenvalue weighted by atomic mass is 10.2. The van der Waals surface area contributed by atoms with Crippen molar-refractivity contribution >= 4 is 6.08 Å². The molecule has 1 fully saturated rings. The molecule has 0 amide bonds. The van der Waals surface area contributed by atoms with E-state index in [2.05, 4.69) is 4.90 Å². The van der Waals surface area contributed by atoms with Crippen LogP contribution in [0.25, 0.3) is 6.08 Å². The average Bonchev–Trinajstić information content (AvgIpc) is 2.90. The summed E-state index contributed by atoms with van der Waals surface area (Å²) in [7, 11) is 1.66. The zero-order chi connectivity index (χ0) is 12.8. The molecule has 98 valence electrons. The number of aliphatic hydroxyl groups is 1. The Morgan fingerprint density at radius 2 is 1.94 bits per heavy atom. The van der Waals surface area contributed by atoms with Crippen LogP contribution in [0.1, 0.15) is 18.4 Å². The first-order valence-electron chi connectivity index (χ1n) is 6.50. The zero-order valence-corrected chi connectivity index (χ0v) is 10.9. The number of likely N-dealkylation sites (tertiary alicyclic amines) is 1. The van der Waals surface area contributed by atoms with Gasteiger partial charge in [0.1, 0.15) is 5.75 Å². The van der Waals surface area contributed by atoms with E-state index in [1.54, 1.807) is 7.11 Å². The number of ether oxygens (including phenoxy) is 1. The largest absolute Gasteiger partial charge is 0.497 e. The van der Waals surface area contributed by atoms with Crippen LogP contribution in [-0.2, 0) is 0 Å². The molecule has 3 nitrogen and oxygen atoms in total.